The Morgan fingerprint density at radius 1 is 1.20 bits per heavy atom. The molecule has 0 spiro atoms. The van der Waals surface area contributed by atoms with Crippen LogP contribution < -0.4 is 0 Å². The second kappa shape index (κ2) is 4.65. The fraction of sp³-hybridized carbons (Fsp3) is 0.400. The molecule has 0 amide bonds. The van der Waals surface area contributed by atoms with Crippen LogP contribution in [0.5, 0.6) is 0 Å². The third kappa shape index (κ3) is 2.21. The van der Waals surface area contributed by atoms with E-state index in [0.29, 0.717) is 16.5 Å². The second-order valence-corrected chi connectivity index (χ2v) is 5.31. The predicted molar refractivity (Wildman–Crippen MR) is 69.6 cm³/mol. The van der Waals surface area contributed by atoms with Crippen molar-refractivity contribution >= 4 is 16.7 Å². The summed E-state index contributed by atoms with van der Waals surface area (Å²) in [6, 6.07) is 3.47. The largest absolute Gasteiger partial charge is 0.416 e. The first kappa shape index (κ1) is 13.2. The summed E-state index contributed by atoms with van der Waals surface area (Å²) in [6.07, 6.45) is 0.860. The molecule has 5 heteroatoms. The van der Waals surface area contributed by atoms with Gasteiger partial charge in [-0.25, -0.2) is 0 Å². The number of carbonyl (C=O) groups is 1. The Hall–Kier alpha value is -1.78. The highest BCUT2D eigenvalue weighted by atomic mass is 19.4. The Balaban J connectivity index is 2.05. The summed E-state index contributed by atoms with van der Waals surface area (Å²) in [5.41, 5.74) is 0.238. The summed E-state index contributed by atoms with van der Waals surface area (Å²) in [5, 5.41) is 0.372. The minimum absolute atomic E-state index is 0.0342. The Kier molecular flexibility index (Phi) is 3.07. The van der Waals surface area contributed by atoms with E-state index in [9.17, 15) is 18.0 Å². The van der Waals surface area contributed by atoms with Gasteiger partial charge in [-0.3, -0.25) is 4.79 Å². The first-order chi connectivity index (χ1) is 9.47. The molecule has 0 aliphatic heterocycles. The van der Waals surface area contributed by atoms with Crippen LogP contribution in [0.4, 0.5) is 13.2 Å². The van der Waals surface area contributed by atoms with Gasteiger partial charge < -0.3 is 4.98 Å². The highest BCUT2D eigenvalue weighted by molar-refractivity contribution is 6.09. The fourth-order valence-electron chi connectivity index (χ4n) is 2.91. The van der Waals surface area contributed by atoms with Crippen LogP contribution in [0.15, 0.2) is 24.4 Å². The lowest BCUT2D eigenvalue weighted by atomic mass is 9.95. The van der Waals surface area contributed by atoms with Crippen LogP contribution in [0.3, 0.4) is 0 Å². The molecular weight excluding hydrogens is 267 g/mol. The molecule has 1 aliphatic rings. The minimum Gasteiger partial charge on any atom is -0.360 e. The van der Waals surface area contributed by atoms with Crippen molar-refractivity contribution in [3.63, 3.8) is 0 Å². The molecule has 0 saturated heterocycles. The molecule has 1 saturated carbocycles. The third-order valence-electron chi connectivity index (χ3n) is 4.00. The standard InChI is InChI=1S/C15H14F3NO/c16-15(17,18)10-5-6-13-11(7-10)12(8-19-13)14(20)9-3-1-2-4-9/h5-9,19H,1-4H2. The lowest BCUT2D eigenvalue weighted by Gasteiger charge is -2.09. The Morgan fingerprint density at radius 3 is 2.55 bits per heavy atom. The van der Waals surface area contributed by atoms with E-state index in [1.54, 1.807) is 0 Å². The SMILES string of the molecule is O=C(c1c[nH]c2ccc(C(F)(F)F)cc12)C1CCCC1. The van der Waals surface area contributed by atoms with Crippen LogP contribution in [-0.4, -0.2) is 10.8 Å². The molecule has 1 aliphatic carbocycles. The molecule has 3 rings (SSSR count). The third-order valence-corrected chi connectivity index (χ3v) is 4.00. The van der Waals surface area contributed by atoms with Gasteiger partial charge in [0.15, 0.2) is 5.78 Å². The van der Waals surface area contributed by atoms with Crippen LogP contribution in [-0.2, 0) is 6.18 Å². The van der Waals surface area contributed by atoms with Crippen LogP contribution in [0.1, 0.15) is 41.6 Å². The topological polar surface area (TPSA) is 32.9 Å². The number of nitrogens with one attached hydrogen (secondary N) is 1. The molecule has 0 atom stereocenters. The summed E-state index contributed by atoms with van der Waals surface area (Å²) < 4.78 is 38.3. The number of hydrogen-bond acceptors (Lipinski definition) is 1. The molecule has 1 heterocycles. The van der Waals surface area contributed by atoms with Crippen molar-refractivity contribution < 1.29 is 18.0 Å². The molecule has 20 heavy (non-hydrogen) atoms. The summed E-state index contributed by atoms with van der Waals surface area (Å²) in [4.78, 5) is 15.3. The first-order valence-corrected chi connectivity index (χ1v) is 6.69. The van der Waals surface area contributed by atoms with Crippen molar-refractivity contribution in [1.29, 1.82) is 0 Å². The summed E-state index contributed by atoms with van der Waals surface area (Å²) in [5.74, 6) is -0.0726. The molecule has 106 valence electrons. The molecule has 1 aromatic carbocycles. The molecule has 1 fully saturated rings. The number of rotatable bonds is 2. The predicted octanol–water partition coefficient (Wildman–Crippen LogP) is 4.56. The average molecular weight is 281 g/mol. The number of hydrogen-bond donors (Lipinski definition) is 1. The fourth-order valence-corrected chi connectivity index (χ4v) is 2.91. The molecule has 1 N–H and O–H groups in total. The van der Waals surface area contributed by atoms with Gasteiger partial charge in [0.25, 0.3) is 0 Å². The van der Waals surface area contributed by atoms with Gasteiger partial charge in [0.2, 0.25) is 0 Å². The number of halogens is 3. The number of aromatic nitrogens is 1. The molecule has 0 radical (unpaired) electrons. The van der Waals surface area contributed by atoms with Gasteiger partial charge in [0.05, 0.1) is 5.56 Å². The first-order valence-electron chi connectivity index (χ1n) is 6.69. The van der Waals surface area contributed by atoms with E-state index in [-0.39, 0.29) is 11.7 Å². The number of aromatic amines is 1. The van der Waals surface area contributed by atoms with Crippen LogP contribution in [0.2, 0.25) is 0 Å². The minimum atomic E-state index is -4.39. The van der Waals surface area contributed by atoms with E-state index in [1.165, 1.54) is 12.3 Å². The maximum Gasteiger partial charge on any atom is 0.416 e. The van der Waals surface area contributed by atoms with E-state index in [2.05, 4.69) is 4.98 Å². The maximum atomic E-state index is 12.8. The monoisotopic (exact) mass is 281 g/mol. The normalized spacial score (nSPS) is 16.9. The average Bonchev–Trinajstić information content (AvgIpc) is 3.06. The second-order valence-electron chi connectivity index (χ2n) is 5.31. The number of carbonyl (C=O) groups excluding carboxylic acids is 1. The van der Waals surface area contributed by atoms with Crippen LogP contribution >= 0.6 is 0 Å². The van der Waals surface area contributed by atoms with Crippen molar-refractivity contribution in [2.45, 2.75) is 31.9 Å². The van der Waals surface area contributed by atoms with E-state index in [4.69, 9.17) is 0 Å². The van der Waals surface area contributed by atoms with E-state index >= 15 is 0 Å². The van der Waals surface area contributed by atoms with Crippen molar-refractivity contribution in [2.75, 3.05) is 0 Å². The Labute approximate surface area is 114 Å². The number of Topliss-reactive ketones (excluding diaryl/α,β-unsaturated/α-hetero) is 1. The summed E-state index contributed by atoms with van der Waals surface area (Å²) in [7, 11) is 0. The van der Waals surface area contributed by atoms with Gasteiger partial charge in [0, 0.05) is 28.6 Å². The summed E-state index contributed by atoms with van der Waals surface area (Å²) in [6.45, 7) is 0. The number of H-pyrrole nitrogens is 1. The van der Waals surface area contributed by atoms with Gasteiger partial charge in [-0.2, -0.15) is 13.2 Å². The molecule has 2 aromatic rings. The zero-order chi connectivity index (χ0) is 14.3. The van der Waals surface area contributed by atoms with Crippen molar-refractivity contribution in [1.82, 2.24) is 4.98 Å². The zero-order valence-electron chi connectivity index (χ0n) is 10.8. The van der Waals surface area contributed by atoms with Gasteiger partial charge in [-0.1, -0.05) is 12.8 Å². The van der Waals surface area contributed by atoms with E-state index in [1.807, 2.05) is 0 Å². The maximum absolute atomic E-state index is 12.8. The highest BCUT2D eigenvalue weighted by Crippen LogP contribution is 2.34. The zero-order valence-corrected chi connectivity index (χ0v) is 10.8. The lowest BCUT2D eigenvalue weighted by Crippen LogP contribution is -2.10. The number of benzene rings is 1. The Bertz CT molecular complexity index is 651. The number of alkyl halides is 3. The number of fused-ring (bicyclic) bond motifs is 1. The van der Waals surface area contributed by atoms with Crippen LogP contribution in [0.25, 0.3) is 10.9 Å². The van der Waals surface area contributed by atoms with Crippen molar-refractivity contribution in [3.8, 4) is 0 Å². The Morgan fingerprint density at radius 2 is 1.90 bits per heavy atom. The van der Waals surface area contributed by atoms with Crippen molar-refractivity contribution in [3.05, 3.63) is 35.5 Å². The highest BCUT2D eigenvalue weighted by Gasteiger charge is 2.32. The smallest absolute Gasteiger partial charge is 0.360 e. The molecule has 0 unspecified atom stereocenters. The van der Waals surface area contributed by atoms with Gasteiger partial charge in [-0.15, -0.1) is 0 Å². The summed E-state index contributed by atoms with van der Waals surface area (Å²) >= 11 is 0. The number of ketones is 1. The van der Waals surface area contributed by atoms with Gasteiger partial charge >= 0.3 is 6.18 Å². The molecule has 2 nitrogen and oxygen atoms in total. The van der Waals surface area contributed by atoms with Crippen molar-refractivity contribution in [2.24, 2.45) is 5.92 Å². The van der Waals surface area contributed by atoms with Crippen LogP contribution in [0, 0.1) is 5.92 Å². The van der Waals surface area contributed by atoms with Gasteiger partial charge in [0.1, 0.15) is 0 Å². The van der Waals surface area contributed by atoms with E-state index in [0.717, 1.165) is 37.8 Å². The lowest BCUT2D eigenvalue weighted by molar-refractivity contribution is -0.137. The quantitative estimate of drug-likeness (QED) is 0.804. The molecule has 1 aromatic heterocycles. The molecular formula is C15H14F3NO. The molecule has 0 bridgehead atoms. The van der Waals surface area contributed by atoms with E-state index < -0.39 is 11.7 Å². The van der Waals surface area contributed by atoms with Gasteiger partial charge in [-0.05, 0) is 31.0 Å².